The topological polar surface area (TPSA) is 394 Å². The van der Waals surface area contributed by atoms with Crippen LogP contribution in [0.5, 0.6) is 0 Å². The Kier molecular flexibility index (Phi) is 58.6. The Hall–Kier alpha value is -10.2. The number of nitrogens with zero attached hydrogens (tertiary/aromatic N) is 16. The molecule has 4 bridgehead atoms. The Balaban J connectivity index is 0.000000453. The van der Waals surface area contributed by atoms with Crippen molar-refractivity contribution in [3.63, 3.8) is 0 Å². The Morgan fingerprint density at radius 2 is 0.825 bits per heavy atom. The van der Waals surface area contributed by atoms with E-state index in [9.17, 15) is 29.7 Å². The van der Waals surface area contributed by atoms with Crippen molar-refractivity contribution in [2.75, 3.05) is 199 Å². The van der Waals surface area contributed by atoms with Gasteiger partial charge in [-0.1, -0.05) is 156 Å². The van der Waals surface area contributed by atoms with Gasteiger partial charge in [0.2, 0.25) is 0 Å². The van der Waals surface area contributed by atoms with Crippen molar-refractivity contribution < 1.29 is 82.4 Å². The van der Waals surface area contributed by atoms with Gasteiger partial charge in [-0.2, -0.15) is 47.9 Å². The summed E-state index contributed by atoms with van der Waals surface area (Å²) in [5, 5.41) is 32.7. The summed E-state index contributed by atoms with van der Waals surface area (Å²) in [5.41, 5.74) is 10.8. The van der Waals surface area contributed by atoms with E-state index in [-0.39, 0.29) is 96.8 Å². The maximum Gasteiger partial charge on any atom is 0.373 e. The smallest absolute Gasteiger partial charge is 0.373 e. The summed E-state index contributed by atoms with van der Waals surface area (Å²) in [6.45, 7) is 53.4. The lowest BCUT2D eigenvalue weighted by Gasteiger charge is -2.46. The number of aliphatic carboxylic acids is 3. The number of rotatable bonds is 21. The van der Waals surface area contributed by atoms with Crippen LogP contribution in [0.15, 0.2) is 140 Å². The molecule has 11 rings (SSSR count). The van der Waals surface area contributed by atoms with Crippen molar-refractivity contribution in [2.45, 2.75) is 202 Å². The first-order valence-electron chi connectivity index (χ1n) is 47.3. The van der Waals surface area contributed by atoms with Gasteiger partial charge in [-0.05, 0) is 199 Å². The minimum Gasteiger partial charge on any atom is -0.480 e. The summed E-state index contributed by atoms with van der Waals surface area (Å²) in [6.07, 6.45) is 13.7. The number of fused-ring (bicyclic) bond motifs is 5. The molecule has 8 heterocycles. The van der Waals surface area contributed by atoms with Crippen LogP contribution in [0.3, 0.4) is 0 Å². The highest BCUT2D eigenvalue weighted by molar-refractivity contribution is 5.70. The molecule has 4 aromatic heterocycles. The largest absolute Gasteiger partial charge is 0.480 e. The molecule has 756 valence electrons. The number of ether oxygens (including phenoxy) is 1. The standard InChI is InChI=1S/C31H42N6O2.C26H38N4O2.C23H39N3O3.C18H38N4.5CO2/c1-31(2,3)23-37(21-26-12-6-9-15-34-26)29-17-27(35-19-24-10-4-7-13-32-24)16-28(18-29)36(22-30(38)39)20-25-11-5-8-14-33-25;1-26(2,3)21-11-9-20(10-12-21)15-24-18-29(5)14-13-28(4)16-22-7-6-8-23(27-22)17-30(24)19-25(31)32;1-23(2,3)20-8-6-19(7-9-20)16-21-17-25(5)11-10-24(4)12-14-29-15-13-26(21)18-22(27)28;1-18(2,3)17-22-10-6-9-20-12-11-19(4)7-5-8-21(14-13-20)15-16-22;5*2-1-3/h4-15,27-29,35H,16-23H2,1-3H3,(H,38,39);6-12,24H,13-19H2,1-5H3,(H,31,32);6-9,21H,10-18H2,1-5H3,(H,27,28);5-17H2,1-4H3;;;;;/t;24-;21-;;;;;;/m.00....../s1. The van der Waals surface area contributed by atoms with Gasteiger partial charge in [0.25, 0.3) is 0 Å². The summed E-state index contributed by atoms with van der Waals surface area (Å²) in [4.78, 5) is 164. The molecule has 137 heavy (non-hydrogen) atoms. The second-order valence-electron chi connectivity index (χ2n) is 40.3. The molecule has 2 aromatic carbocycles. The number of hydrogen-bond donors (Lipinski definition) is 4. The maximum absolute atomic E-state index is 12.0. The highest BCUT2D eigenvalue weighted by Gasteiger charge is 2.38. The average Bonchev–Trinajstić information content (AvgIpc) is 0.809. The van der Waals surface area contributed by atoms with Gasteiger partial charge in [0.1, 0.15) is 0 Å². The van der Waals surface area contributed by atoms with Crippen LogP contribution in [0, 0.1) is 10.8 Å². The van der Waals surface area contributed by atoms with Crippen LogP contribution in [0.4, 0.5) is 0 Å². The van der Waals surface area contributed by atoms with Gasteiger partial charge in [0, 0.05) is 186 Å². The molecular formula is C103H157N17O17. The zero-order valence-electron chi connectivity index (χ0n) is 84.5. The summed E-state index contributed by atoms with van der Waals surface area (Å²) < 4.78 is 5.78. The fourth-order valence-electron chi connectivity index (χ4n) is 17.2. The molecule has 3 saturated heterocycles. The van der Waals surface area contributed by atoms with E-state index in [0.29, 0.717) is 44.8 Å². The molecule has 0 amide bonds. The normalized spacial score (nSPS) is 20.2. The number of pyridine rings is 4. The van der Waals surface area contributed by atoms with Crippen molar-refractivity contribution in [3.8, 4) is 0 Å². The summed E-state index contributed by atoms with van der Waals surface area (Å²) in [6, 6.07) is 42.3. The highest BCUT2D eigenvalue weighted by Crippen LogP contribution is 2.33. The Morgan fingerprint density at radius 3 is 1.28 bits per heavy atom. The summed E-state index contributed by atoms with van der Waals surface area (Å²) in [7, 11) is 10.8. The van der Waals surface area contributed by atoms with E-state index in [1.54, 1.807) is 6.20 Å². The second-order valence-corrected chi connectivity index (χ2v) is 40.3. The summed E-state index contributed by atoms with van der Waals surface area (Å²) in [5.74, 6) is -2.40. The molecule has 0 radical (unpaired) electrons. The van der Waals surface area contributed by atoms with E-state index in [1.807, 2.05) is 79.1 Å². The van der Waals surface area contributed by atoms with Crippen molar-refractivity contribution in [3.05, 3.63) is 191 Å². The first kappa shape index (κ1) is 121. The third-order valence-electron chi connectivity index (χ3n) is 24.0. The molecule has 34 nitrogen and oxygen atoms in total. The van der Waals surface area contributed by atoms with Crippen LogP contribution < -0.4 is 5.32 Å². The average molecular weight is 1910 g/mol. The molecular weight excluding hydrogens is 1750 g/mol. The van der Waals surface area contributed by atoms with Gasteiger partial charge in [0.15, 0.2) is 0 Å². The van der Waals surface area contributed by atoms with E-state index in [0.717, 1.165) is 126 Å². The van der Waals surface area contributed by atoms with E-state index < -0.39 is 17.9 Å². The quantitative estimate of drug-likeness (QED) is 0.0524. The molecule has 34 heteroatoms. The molecule has 4 fully saturated rings. The molecule has 5 aliphatic rings. The molecule has 1 saturated carbocycles. The zero-order chi connectivity index (χ0) is 102. The van der Waals surface area contributed by atoms with Gasteiger partial charge < -0.3 is 59.7 Å². The number of nitrogens with one attached hydrogen (secondary N) is 1. The third-order valence-corrected chi connectivity index (χ3v) is 24.0. The van der Waals surface area contributed by atoms with Gasteiger partial charge >= 0.3 is 48.7 Å². The van der Waals surface area contributed by atoms with E-state index in [4.69, 9.17) is 57.7 Å². The molecule has 1 aliphatic carbocycles. The van der Waals surface area contributed by atoms with E-state index >= 15 is 0 Å². The molecule has 4 N–H and O–H groups in total. The van der Waals surface area contributed by atoms with Crippen LogP contribution in [-0.2, 0) is 123 Å². The number of benzene rings is 2. The number of carbonyl (C=O) groups is 3. The summed E-state index contributed by atoms with van der Waals surface area (Å²) >= 11 is 0. The minimum atomic E-state index is -0.814. The van der Waals surface area contributed by atoms with Crippen molar-refractivity contribution >= 4 is 48.7 Å². The van der Waals surface area contributed by atoms with Crippen LogP contribution >= 0.6 is 0 Å². The Bertz CT molecular complexity index is 4430. The predicted octanol–water partition coefficient (Wildman–Crippen LogP) is 8.58. The fraction of sp³-hybridized carbons (Fsp3) is 0.612. The van der Waals surface area contributed by atoms with E-state index in [1.165, 1.54) is 107 Å². The third kappa shape index (κ3) is 54.7. The maximum atomic E-state index is 12.0. The monoisotopic (exact) mass is 1900 g/mol. The second kappa shape index (κ2) is 66.4. The number of aromatic nitrogens is 4. The predicted molar refractivity (Wildman–Crippen MR) is 520 cm³/mol. The molecule has 7 atom stereocenters. The van der Waals surface area contributed by atoms with E-state index in [2.05, 4.69) is 252 Å². The number of carboxylic acids is 3. The van der Waals surface area contributed by atoms with Crippen molar-refractivity contribution in [1.29, 1.82) is 0 Å². The van der Waals surface area contributed by atoms with Crippen LogP contribution in [0.2, 0.25) is 0 Å². The lowest BCUT2D eigenvalue weighted by molar-refractivity contribution is -0.193. The van der Waals surface area contributed by atoms with Crippen LogP contribution in [0.1, 0.15) is 166 Å². The Morgan fingerprint density at radius 1 is 0.416 bits per heavy atom. The molecule has 4 aliphatic heterocycles. The van der Waals surface area contributed by atoms with Gasteiger partial charge in [-0.25, -0.2) is 0 Å². The van der Waals surface area contributed by atoms with Crippen molar-refractivity contribution in [1.82, 2.24) is 84.1 Å². The lowest BCUT2D eigenvalue weighted by atomic mass is 9.83. The molecule has 0 spiro atoms. The molecule has 6 aromatic rings. The number of likely N-dealkylation sites (N-methyl/N-ethyl adjacent to an activating group) is 5. The Labute approximate surface area is 813 Å². The highest BCUT2D eigenvalue weighted by atomic mass is 16.5. The van der Waals surface area contributed by atoms with Gasteiger partial charge in [0.05, 0.1) is 61.3 Å². The SMILES string of the molecule is CC(C)(C)CN(Cc1ccccn1)C1CC(NCc2ccccn2)CC(N(CC(=O)O)Cc2ccccn2)C1.CN1CCCN2CCN(CCCN(CC(C)(C)C)CC2)CC1.CN1CCN(C)C[C@H](Cc2ccc(C(C)(C)C)cc2)N(CC(=O)O)Cc2cccc(n2)C1.CN1CCOCCN(CC(=O)O)[C@@H](Cc2ccc(C(C)(C)C)cc2)CN(C)CC1.O=C=O.O=C=O.O=C=O.O=C=O.O=C=O. The first-order chi connectivity index (χ1) is 65.0. The zero-order valence-corrected chi connectivity index (χ0v) is 84.5. The van der Waals surface area contributed by atoms with Gasteiger partial charge in [-0.15, -0.1) is 0 Å². The van der Waals surface area contributed by atoms with Gasteiger partial charge in [-0.3, -0.25) is 58.8 Å². The lowest BCUT2D eigenvalue weighted by Crippen LogP contribution is -2.54. The number of carbonyl (C=O) groups excluding carboxylic acids is 10. The molecule has 5 unspecified atom stereocenters. The van der Waals surface area contributed by atoms with Crippen LogP contribution in [-0.4, -0.2) is 372 Å². The van der Waals surface area contributed by atoms with Crippen LogP contribution in [0.25, 0.3) is 0 Å². The fourth-order valence-corrected chi connectivity index (χ4v) is 17.2. The number of carboxylic acid groups (broad SMARTS) is 3. The minimum absolute atomic E-state index is 0.00436. The number of hydrogen-bond acceptors (Lipinski definition) is 31. The first-order valence-corrected chi connectivity index (χ1v) is 47.3. The van der Waals surface area contributed by atoms with Crippen molar-refractivity contribution in [2.24, 2.45) is 10.8 Å².